The van der Waals surface area contributed by atoms with Crippen LogP contribution in [0.3, 0.4) is 0 Å². The van der Waals surface area contributed by atoms with Crippen molar-refractivity contribution in [1.29, 1.82) is 0 Å². The summed E-state index contributed by atoms with van der Waals surface area (Å²) in [7, 11) is 1.38. The van der Waals surface area contributed by atoms with Crippen LogP contribution in [0.1, 0.15) is 45.7 Å². The Bertz CT molecular complexity index is 1120. The van der Waals surface area contributed by atoms with Gasteiger partial charge in [0.05, 0.1) is 12.1 Å². The van der Waals surface area contributed by atoms with E-state index in [2.05, 4.69) is 24.0 Å². The summed E-state index contributed by atoms with van der Waals surface area (Å²) in [5, 5.41) is 10.3. The molecule has 0 bridgehead atoms. The molecule has 147 valence electrons. The van der Waals surface area contributed by atoms with Crippen LogP contribution >= 0.6 is 22.9 Å². The zero-order chi connectivity index (χ0) is 20.7. The highest BCUT2D eigenvalue weighted by atomic mass is 35.5. The summed E-state index contributed by atoms with van der Waals surface area (Å²) < 4.78 is 7.07. The summed E-state index contributed by atoms with van der Waals surface area (Å²) in [6, 6.07) is 7.09. The van der Waals surface area contributed by atoms with E-state index in [-0.39, 0.29) is 12.4 Å². The summed E-state index contributed by atoms with van der Waals surface area (Å²) in [4.78, 5) is 18.5. The lowest BCUT2D eigenvalue weighted by atomic mass is 9.99. The van der Waals surface area contributed by atoms with Crippen molar-refractivity contribution in [3.8, 4) is 5.00 Å². The maximum atomic E-state index is 12.3. The van der Waals surface area contributed by atoms with Gasteiger partial charge >= 0.3 is 7.48 Å². The van der Waals surface area contributed by atoms with Crippen LogP contribution in [0.2, 0.25) is 11.8 Å². The molecule has 0 spiro atoms. The van der Waals surface area contributed by atoms with Crippen LogP contribution < -0.4 is 0 Å². The number of thiophene rings is 1. The molecule has 1 aromatic carbocycles. The minimum atomic E-state index is -0.506. The van der Waals surface area contributed by atoms with Crippen molar-refractivity contribution in [2.24, 2.45) is 4.99 Å². The lowest BCUT2D eigenvalue weighted by Gasteiger charge is -2.12. The molecule has 0 amide bonds. The molecule has 4 rings (SSSR count). The van der Waals surface area contributed by atoms with Gasteiger partial charge < -0.3 is 4.65 Å². The maximum absolute atomic E-state index is 12.3. The Hall–Kier alpha value is -2.45. The summed E-state index contributed by atoms with van der Waals surface area (Å²) >= 11 is 7.78. The zero-order valence-corrected chi connectivity index (χ0v) is 18.1. The monoisotopic (exact) mass is 425 g/mol. The van der Waals surface area contributed by atoms with Gasteiger partial charge in [0.1, 0.15) is 16.9 Å². The molecule has 3 heterocycles. The van der Waals surface area contributed by atoms with E-state index in [1.807, 2.05) is 35.8 Å². The second kappa shape index (κ2) is 7.76. The number of carbonyl (C=O) groups excluding carboxylic acids is 1. The Kier molecular flexibility index (Phi) is 5.31. The van der Waals surface area contributed by atoms with E-state index >= 15 is 0 Å². The number of aliphatic imine (C=N–C) groups is 1. The number of benzene rings is 1. The number of fused-ring (bicyclic) bond motifs is 3. The van der Waals surface area contributed by atoms with E-state index < -0.39 is 6.04 Å². The third-order valence-corrected chi connectivity index (χ3v) is 6.41. The topological polar surface area (TPSA) is 69.4 Å². The Balaban J connectivity index is 1.96. The van der Waals surface area contributed by atoms with Gasteiger partial charge in [0.15, 0.2) is 5.82 Å². The number of carbonyl (C=O) groups is 1. The molecule has 0 fully saturated rings. The number of nitrogens with zero attached hydrogens (tertiary/aromatic N) is 4. The van der Waals surface area contributed by atoms with Crippen LogP contribution in [0.4, 0.5) is 0 Å². The third-order valence-electron chi connectivity index (χ3n) is 4.97. The van der Waals surface area contributed by atoms with Crippen LogP contribution in [-0.2, 0) is 9.45 Å². The van der Waals surface area contributed by atoms with Gasteiger partial charge in [-0.2, -0.15) is 0 Å². The fourth-order valence-electron chi connectivity index (χ4n) is 3.47. The molecule has 0 saturated carbocycles. The van der Waals surface area contributed by atoms with Crippen molar-refractivity contribution in [3.63, 3.8) is 0 Å². The lowest BCUT2D eigenvalue weighted by molar-refractivity contribution is -0.134. The molecule has 2 aromatic heterocycles. The van der Waals surface area contributed by atoms with Crippen molar-refractivity contribution < 1.29 is 9.45 Å². The highest BCUT2D eigenvalue weighted by molar-refractivity contribution is 7.15. The molecule has 29 heavy (non-hydrogen) atoms. The fraction of sp³-hybridized carbons (Fsp3) is 0.300. The molecule has 0 aliphatic carbocycles. The van der Waals surface area contributed by atoms with E-state index in [4.69, 9.17) is 21.2 Å². The van der Waals surface area contributed by atoms with Gasteiger partial charge in [-0.15, -0.1) is 21.5 Å². The molecular weight excluding hydrogens is 407 g/mol. The fourth-order valence-corrected chi connectivity index (χ4v) is 4.81. The van der Waals surface area contributed by atoms with E-state index in [0.717, 1.165) is 33.2 Å². The van der Waals surface area contributed by atoms with Crippen LogP contribution in [0.5, 0.6) is 0 Å². The standard InChI is InChI=1S/C20H19BClN4O2S/c1-10-11(2)29-20-17(10)18(13-5-7-14(22)8-6-13)23-15(9-16(27)28-21-4)19-25-24-12(3)26(19)20/h5-8,15H,9H2,1-4H3/t15-/m0/s1. The SMILES string of the molecule is C[B]OC(=O)C[C@@H]1N=C(c2ccc(Cl)cc2)c2c(sc(C)c2C)-n2c(C)nnc21. The minimum Gasteiger partial charge on any atom is -0.539 e. The van der Waals surface area contributed by atoms with Gasteiger partial charge in [-0.1, -0.05) is 30.6 Å². The van der Waals surface area contributed by atoms with Crippen LogP contribution in [0, 0.1) is 20.8 Å². The van der Waals surface area contributed by atoms with Gasteiger partial charge in [0.25, 0.3) is 5.97 Å². The highest BCUT2D eigenvalue weighted by Gasteiger charge is 2.32. The predicted octanol–water partition coefficient (Wildman–Crippen LogP) is 4.40. The second-order valence-corrected chi connectivity index (χ2v) is 8.47. The van der Waals surface area contributed by atoms with E-state index in [9.17, 15) is 4.79 Å². The van der Waals surface area contributed by atoms with Crippen molar-refractivity contribution in [3.05, 3.63) is 62.5 Å². The van der Waals surface area contributed by atoms with E-state index in [1.54, 1.807) is 18.2 Å². The predicted molar refractivity (Wildman–Crippen MR) is 116 cm³/mol. The highest BCUT2D eigenvalue weighted by Crippen LogP contribution is 2.39. The number of hydrogen-bond acceptors (Lipinski definition) is 6. The van der Waals surface area contributed by atoms with Crippen molar-refractivity contribution >= 4 is 42.1 Å². The molecule has 1 aliphatic heterocycles. The summed E-state index contributed by atoms with van der Waals surface area (Å²) in [6.45, 7) is 7.77. The maximum Gasteiger partial charge on any atom is 0.370 e. The molecule has 1 atom stereocenters. The lowest BCUT2D eigenvalue weighted by Crippen LogP contribution is -2.14. The van der Waals surface area contributed by atoms with Crippen molar-refractivity contribution in [2.75, 3.05) is 0 Å². The quantitative estimate of drug-likeness (QED) is 0.581. The van der Waals surface area contributed by atoms with Gasteiger partial charge in [-0.25, -0.2) is 0 Å². The first-order valence-electron chi connectivity index (χ1n) is 9.24. The van der Waals surface area contributed by atoms with Crippen LogP contribution in [0.15, 0.2) is 29.3 Å². The van der Waals surface area contributed by atoms with Gasteiger partial charge in [0, 0.05) is 21.0 Å². The molecule has 0 N–H and O–H groups in total. The Labute approximate surface area is 178 Å². The first-order valence-corrected chi connectivity index (χ1v) is 10.4. The average molecular weight is 426 g/mol. The van der Waals surface area contributed by atoms with Crippen LogP contribution in [0.25, 0.3) is 5.00 Å². The summed E-state index contributed by atoms with van der Waals surface area (Å²) in [6.07, 6.45) is 0.0759. The largest absolute Gasteiger partial charge is 0.539 e. The average Bonchev–Trinajstić information content (AvgIpc) is 3.15. The molecule has 3 aromatic rings. The first-order chi connectivity index (χ1) is 13.9. The van der Waals surface area contributed by atoms with E-state index in [1.165, 1.54) is 12.4 Å². The Morgan fingerprint density at radius 3 is 2.66 bits per heavy atom. The normalized spacial score (nSPS) is 15.2. The Morgan fingerprint density at radius 2 is 1.97 bits per heavy atom. The first kappa shape index (κ1) is 19.9. The molecule has 1 radical (unpaired) electrons. The van der Waals surface area contributed by atoms with Crippen molar-refractivity contribution in [2.45, 2.75) is 40.1 Å². The third kappa shape index (κ3) is 3.51. The molecule has 0 saturated heterocycles. The summed E-state index contributed by atoms with van der Waals surface area (Å²) in [5.41, 5.74) is 3.95. The second-order valence-electron chi connectivity index (χ2n) is 6.83. The molecule has 1 aliphatic rings. The van der Waals surface area contributed by atoms with Gasteiger partial charge in [0.2, 0.25) is 0 Å². The number of halogens is 1. The van der Waals surface area contributed by atoms with Gasteiger partial charge in [-0.3, -0.25) is 14.4 Å². The Morgan fingerprint density at radius 1 is 1.24 bits per heavy atom. The van der Waals surface area contributed by atoms with E-state index in [0.29, 0.717) is 10.8 Å². The van der Waals surface area contributed by atoms with Crippen molar-refractivity contribution in [1.82, 2.24) is 14.8 Å². The van der Waals surface area contributed by atoms with Crippen LogP contribution in [-0.4, -0.2) is 33.9 Å². The number of rotatable bonds is 4. The molecule has 9 heteroatoms. The number of aromatic nitrogens is 3. The minimum absolute atomic E-state index is 0.0759. The molecule has 0 unspecified atom stereocenters. The summed E-state index contributed by atoms with van der Waals surface area (Å²) in [5.74, 6) is 1.04. The zero-order valence-electron chi connectivity index (χ0n) is 16.6. The number of aryl methyl sites for hydroxylation is 2. The molecular formula is C20H19BClN4O2S. The smallest absolute Gasteiger partial charge is 0.370 e. The molecule has 6 nitrogen and oxygen atoms in total. The number of hydrogen-bond donors (Lipinski definition) is 0. The van der Waals surface area contributed by atoms with Gasteiger partial charge in [-0.05, 0) is 38.5 Å².